The standard InChI is InChI=1S/C24H27NO8/c1-9-16-15(19(28)14-11(23(16,3)32)7-6-8-12(14)27)22(31)24(33)17(9)18(25(4)5)20(29)13(10(2)26)21(24)30/h6-9,16-18,27-28,30,32-33H,1-5H3/t9-,16-,17-,18-,23+,24+/m0/s1. The molecule has 1 aromatic rings. The fourth-order valence-corrected chi connectivity index (χ4v) is 6.20. The zero-order chi connectivity index (χ0) is 24.8. The molecule has 1 fully saturated rings. The summed E-state index contributed by atoms with van der Waals surface area (Å²) in [6, 6.07) is 3.13. The van der Waals surface area contributed by atoms with E-state index in [0.717, 1.165) is 6.92 Å². The Balaban J connectivity index is 2.11. The Morgan fingerprint density at radius 3 is 2.24 bits per heavy atom. The van der Waals surface area contributed by atoms with Gasteiger partial charge >= 0.3 is 0 Å². The van der Waals surface area contributed by atoms with Crippen molar-refractivity contribution in [2.75, 3.05) is 14.1 Å². The van der Waals surface area contributed by atoms with E-state index >= 15 is 0 Å². The number of aliphatic hydroxyl groups excluding tert-OH is 2. The van der Waals surface area contributed by atoms with Crippen molar-refractivity contribution in [1.29, 1.82) is 0 Å². The first-order valence-electron chi connectivity index (χ1n) is 10.6. The van der Waals surface area contributed by atoms with E-state index < -0.39 is 69.4 Å². The first kappa shape index (κ1) is 23.2. The lowest BCUT2D eigenvalue weighted by molar-refractivity contribution is -0.168. The van der Waals surface area contributed by atoms with Crippen molar-refractivity contribution in [3.63, 3.8) is 0 Å². The Kier molecular flexibility index (Phi) is 4.91. The Bertz CT molecular complexity index is 1180. The normalized spacial score (nSPS) is 36.0. The van der Waals surface area contributed by atoms with Crippen LogP contribution < -0.4 is 0 Å². The van der Waals surface area contributed by atoms with Gasteiger partial charge in [-0.05, 0) is 45.5 Å². The maximum absolute atomic E-state index is 13.8. The van der Waals surface area contributed by atoms with E-state index in [-0.39, 0.29) is 22.4 Å². The number of phenolic OH excluding ortho intramolecular Hbond substituents is 1. The monoisotopic (exact) mass is 457 g/mol. The lowest BCUT2D eigenvalue weighted by atomic mass is 9.50. The summed E-state index contributed by atoms with van der Waals surface area (Å²) < 4.78 is 0. The fourth-order valence-electron chi connectivity index (χ4n) is 6.20. The van der Waals surface area contributed by atoms with Gasteiger partial charge in [0.15, 0.2) is 17.2 Å². The molecule has 0 unspecified atom stereocenters. The summed E-state index contributed by atoms with van der Waals surface area (Å²) in [4.78, 5) is 40.8. The average molecular weight is 457 g/mol. The summed E-state index contributed by atoms with van der Waals surface area (Å²) in [6.45, 7) is 4.09. The highest BCUT2D eigenvalue weighted by atomic mass is 16.3. The highest BCUT2D eigenvalue weighted by molar-refractivity contribution is 6.25. The predicted octanol–water partition coefficient (Wildman–Crippen LogP) is 0.979. The average Bonchev–Trinajstić information content (AvgIpc) is 2.70. The molecule has 0 heterocycles. The van der Waals surface area contributed by atoms with Crippen LogP contribution >= 0.6 is 0 Å². The first-order chi connectivity index (χ1) is 15.2. The Labute approximate surface area is 190 Å². The van der Waals surface area contributed by atoms with Crippen LogP contribution in [0.2, 0.25) is 0 Å². The molecule has 5 N–H and O–H groups in total. The lowest BCUT2D eigenvalue weighted by Crippen LogP contribution is -2.69. The Morgan fingerprint density at radius 2 is 1.70 bits per heavy atom. The minimum atomic E-state index is -2.69. The number of ketones is 3. The third-order valence-corrected chi connectivity index (χ3v) is 7.52. The molecule has 9 heteroatoms. The number of aromatic hydroxyl groups is 1. The van der Waals surface area contributed by atoms with Crippen molar-refractivity contribution in [1.82, 2.24) is 4.90 Å². The number of benzene rings is 1. The Hall–Kier alpha value is -3.01. The van der Waals surface area contributed by atoms with E-state index in [1.54, 1.807) is 21.0 Å². The summed E-state index contributed by atoms with van der Waals surface area (Å²) in [5, 5.41) is 55.7. The number of rotatable bonds is 2. The van der Waals surface area contributed by atoms with Gasteiger partial charge in [-0.25, -0.2) is 0 Å². The van der Waals surface area contributed by atoms with E-state index in [1.807, 2.05) is 0 Å². The molecule has 0 saturated heterocycles. The van der Waals surface area contributed by atoms with Gasteiger partial charge in [-0.1, -0.05) is 19.1 Å². The molecule has 0 aromatic heterocycles. The SMILES string of the molecule is CC(=O)C1=C(O)[C@@]2(O)C(=O)C3=C(O)c4c(O)cccc4[C@@](C)(O)[C@H]3[C@H](C)[C@H]2[C@H](N(C)C)C1=O. The van der Waals surface area contributed by atoms with Gasteiger partial charge in [-0.2, -0.15) is 0 Å². The second kappa shape index (κ2) is 6.99. The van der Waals surface area contributed by atoms with Crippen LogP contribution in [0, 0.1) is 17.8 Å². The largest absolute Gasteiger partial charge is 0.508 e. The number of fused-ring (bicyclic) bond motifs is 3. The molecule has 9 nitrogen and oxygen atoms in total. The summed E-state index contributed by atoms with van der Waals surface area (Å²) in [7, 11) is 3.10. The van der Waals surface area contributed by atoms with Crippen molar-refractivity contribution in [2.45, 2.75) is 38.0 Å². The summed E-state index contributed by atoms with van der Waals surface area (Å²) in [5.41, 5.74) is -5.47. The second-order valence-corrected chi connectivity index (χ2v) is 9.62. The Morgan fingerprint density at radius 1 is 1.09 bits per heavy atom. The fraction of sp³-hybridized carbons (Fsp3) is 0.458. The maximum atomic E-state index is 13.8. The third kappa shape index (κ3) is 2.67. The quantitative estimate of drug-likeness (QED) is 0.409. The smallest absolute Gasteiger partial charge is 0.202 e. The topological polar surface area (TPSA) is 156 Å². The van der Waals surface area contributed by atoms with Crippen LogP contribution in [0.5, 0.6) is 5.75 Å². The van der Waals surface area contributed by atoms with Crippen LogP contribution in [0.25, 0.3) is 5.76 Å². The highest BCUT2D eigenvalue weighted by Gasteiger charge is 2.68. The number of phenols is 1. The minimum Gasteiger partial charge on any atom is -0.508 e. The molecule has 0 spiro atoms. The van der Waals surface area contributed by atoms with Crippen LogP contribution in [0.1, 0.15) is 31.9 Å². The lowest BCUT2D eigenvalue weighted by Gasteiger charge is -2.56. The number of likely N-dealkylation sites (N-methyl/N-ethyl adjacent to an activating group) is 1. The van der Waals surface area contributed by atoms with Crippen LogP contribution in [-0.2, 0) is 20.0 Å². The van der Waals surface area contributed by atoms with Gasteiger partial charge in [-0.3, -0.25) is 19.3 Å². The summed E-state index contributed by atoms with van der Waals surface area (Å²) in [5.74, 6) is -7.87. The van der Waals surface area contributed by atoms with Crippen molar-refractivity contribution in [2.24, 2.45) is 17.8 Å². The summed E-state index contributed by atoms with van der Waals surface area (Å²) in [6.07, 6.45) is 0. The molecule has 6 atom stereocenters. The molecule has 4 rings (SSSR count). The van der Waals surface area contributed by atoms with E-state index in [0.29, 0.717) is 0 Å². The van der Waals surface area contributed by atoms with Crippen LogP contribution in [-0.4, -0.2) is 73.5 Å². The second-order valence-electron chi connectivity index (χ2n) is 9.62. The molecule has 0 radical (unpaired) electrons. The van der Waals surface area contributed by atoms with Crippen molar-refractivity contribution in [3.8, 4) is 5.75 Å². The first-order valence-corrected chi connectivity index (χ1v) is 10.6. The van der Waals surface area contributed by atoms with E-state index in [4.69, 9.17) is 0 Å². The molecule has 0 amide bonds. The highest BCUT2D eigenvalue weighted by Crippen LogP contribution is 2.59. The molecule has 33 heavy (non-hydrogen) atoms. The number of carbonyl (C=O) groups is 3. The van der Waals surface area contributed by atoms with Crippen molar-refractivity contribution < 1.29 is 39.9 Å². The van der Waals surface area contributed by atoms with E-state index in [9.17, 15) is 39.9 Å². The number of nitrogens with zero attached hydrogens (tertiary/aromatic N) is 1. The van der Waals surface area contributed by atoms with Gasteiger partial charge < -0.3 is 25.5 Å². The van der Waals surface area contributed by atoms with Gasteiger partial charge in [0.1, 0.15) is 22.8 Å². The number of carbonyl (C=O) groups excluding carboxylic acids is 3. The number of aliphatic hydroxyl groups is 4. The molecule has 0 bridgehead atoms. The van der Waals surface area contributed by atoms with Gasteiger partial charge in [0.25, 0.3) is 0 Å². The van der Waals surface area contributed by atoms with Gasteiger partial charge in [-0.15, -0.1) is 0 Å². The summed E-state index contributed by atoms with van der Waals surface area (Å²) >= 11 is 0. The number of hydrogen-bond donors (Lipinski definition) is 5. The number of Topliss-reactive ketones (excluding diaryl/α,β-unsaturated/α-hetero) is 3. The number of hydrogen-bond acceptors (Lipinski definition) is 9. The van der Waals surface area contributed by atoms with Gasteiger partial charge in [0.05, 0.1) is 17.2 Å². The molecular weight excluding hydrogens is 430 g/mol. The molecular formula is C24H27NO8. The molecule has 3 aliphatic carbocycles. The third-order valence-electron chi connectivity index (χ3n) is 7.52. The van der Waals surface area contributed by atoms with Crippen LogP contribution in [0.3, 0.4) is 0 Å². The molecule has 3 aliphatic rings. The zero-order valence-corrected chi connectivity index (χ0v) is 18.9. The van der Waals surface area contributed by atoms with Crippen molar-refractivity contribution in [3.05, 3.63) is 46.2 Å². The molecule has 176 valence electrons. The van der Waals surface area contributed by atoms with Gasteiger partial charge in [0, 0.05) is 17.4 Å². The van der Waals surface area contributed by atoms with Crippen LogP contribution in [0.15, 0.2) is 35.1 Å². The van der Waals surface area contributed by atoms with Crippen LogP contribution in [0.4, 0.5) is 0 Å². The zero-order valence-electron chi connectivity index (χ0n) is 18.9. The maximum Gasteiger partial charge on any atom is 0.202 e. The predicted molar refractivity (Wildman–Crippen MR) is 116 cm³/mol. The molecule has 1 aromatic carbocycles. The molecule has 1 saturated carbocycles. The van der Waals surface area contributed by atoms with Gasteiger partial charge in [0.2, 0.25) is 5.78 Å². The van der Waals surface area contributed by atoms with E-state index in [2.05, 4.69) is 0 Å². The molecule has 0 aliphatic heterocycles. The van der Waals surface area contributed by atoms with E-state index in [1.165, 1.54) is 30.0 Å². The van der Waals surface area contributed by atoms with Crippen molar-refractivity contribution >= 4 is 23.1 Å². The minimum absolute atomic E-state index is 0.150.